The van der Waals surface area contributed by atoms with E-state index in [-0.39, 0.29) is 5.41 Å². The van der Waals surface area contributed by atoms with Crippen LogP contribution in [0.4, 0.5) is 0 Å². The smallest absolute Gasteiger partial charge is 0.343 e. The molecule has 4 rings (SSSR count). The average Bonchev–Trinajstić information content (AvgIpc) is 2.76. The van der Waals surface area contributed by atoms with Gasteiger partial charge >= 0.3 is 5.97 Å². The van der Waals surface area contributed by atoms with Crippen molar-refractivity contribution in [3.8, 4) is 11.1 Å². The normalized spacial score (nSPS) is 14.4. The molecule has 0 bridgehead atoms. The van der Waals surface area contributed by atoms with Crippen molar-refractivity contribution >= 4 is 22.6 Å². The van der Waals surface area contributed by atoms with Crippen molar-refractivity contribution in [1.29, 1.82) is 0 Å². The van der Waals surface area contributed by atoms with Crippen LogP contribution in [0.1, 0.15) is 41.8 Å². The number of esters is 1. The lowest BCUT2D eigenvalue weighted by Gasteiger charge is -2.33. The number of fused-ring (bicyclic) bond motifs is 1. The first-order valence-corrected chi connectivity index (χ1v) is 10.8. The van der Waals surface area contributed by atoms with E-state index < -0.39 is 5.97 Å². The SMILES string of the molecule is C=COC(=O)c1ccccc1-c1cccc2c1C(Sc1ccccc1)=CCC2(C)C. The molecule has 0 saturated heterocycles. The lowest BCUT2D eigenvalue weighted by molar-refractivity contribution is 0.0665. The van der Waals surface area contributed by atoms with Crippen molar-refractivity contribution in [2.24, 2.45) is 0 Å². The number of rotatable bonds is 5. The molecule has 0 atom stereocenters. The third-order valence-electron chi connectivity index (χ3n) is 5.44. The minimum Gasteiger partial charge on any atom is -0.432 e. The first-order chi connectivity index (χ1) is 14.5. The second kappa shape index (κ2) is 8.37. The number of thioether (sulfide) groups is 1. The molecule has 1 aliphatic rings. The molecule has 150 valence electrons. The van der Waals surface area contributed by atoms with Gasteiger partial charge in [0, 0.05) is 9.80 Å². The molecule has 1 aliphatic carbocycles. The zero-order valence-electron chi connectivity index (χ0n) is 17.2. The molecular formula is C27H24O2S. The van der Waals surface area contributed by atoms with Crippen LogP contribution in [0.2, 0.25) is 0 Å². The molecule has 0 saturated carbocycles. The Morgan fingerprint density at radius 3 is 2.43 bits per heavy atom. The molecule has 3 aromatic carbocycles. The van der Waals surface area contributed by atoms with Crippen molar-refractivity contribution in [2.45, 2.75) is 30.6 Å². The van der Waals surface area contributed by atoms with Crippen molar-refractivity contribution in [2.75, 3.05) is 0 Å². The van der Waals surface area contributed by atoms with Gasteiger partial charge in [0.05, 0.1) is 11.8 Å². The third kappa shape index (κ3) is 3.86. The van der Waals surface area contributed by atoms with Gasteiger partial charge in [-0.05, 0) is 52.3 Å². The van der Waals surface area contributed by atoms with E-state index in [4.69, 9.17) is 4.74 Å². The molecule has 0 unspecified atom stereocenters. The maximum absolute atomic E-state index is 12.6. The summed E-state index contributed by atoms with van der Waals surface area (Å²) < 4.78 is 5.10. The summed E-state index contributed by atoms with van der Waals surface area (Å²) in [4.78, 5) is 15.0. The number of carbonyl (C=O) groups excluding carboxylic acids is 1. The molecule has 0 aromatic heterocycles. The van der Waals surface area contributed by atoms with Crippen molar-refractivity contribution in [3.05, 3.63) is 108 Å². The topological polar surface area (TPSA) is 26.3 Å². The fourth-order valence-electron chi connectivity index (χ4n) is 3.91. The van der Waals surface area contributed by atoms with Crippen LogP contribution in [0, 0.1) is 0 Å². The molecule has 0 aliphatic heterocycles. The van der Waals surface area contributed by atoms with Crippen LogP contribution in [-0.4, -0.2) is 5.97 Å². The van der Waals surface area contributed by atoms with Crippen molar-refractivity contribution in [1.82, 2.24) is 0 Å². The van der Waals surface area contributed by atoms with Gasteiger partial charge in [-0.2, -0.15) is 0 Å². The molecule has 0 fully saturated rings. The van der Waals surface area contributed by atoms with Crippen LogP contribution >= 0.6 is 11.8 Å². The molecule has 30 heavy (non-hydrogen) atoms. The monoisotopic (exact) mass is 412 g/mol. The molecule has 3 heteroatoms. The highest BCUT2D eigenvalue weighted by molar-refractivity contribution is 8.08. The molecular weight excluding hydrogens is 388 g/mol. The number of hydrogen-bond donors (Lipinski definition) is 0. The van der Waals surface area contributed by atoms with Crippen molar-refractivity contribution < 1.29 is 9.53 Å². The van der Waals surface area contributed by atoms with Crippen molar-refractivity contribution in [3.63, 3.8) is 0 Å². The van der Waals surface area contributed by atoms with E-state index in [9.17, 15) is 4.79 Å². The zero-order valence-corrected chi connectivity index (χ0v) is 18.0. The Kier molecular flexibility index (Phi) is 5.65. The summed E-state index contributed by atoms with van der Waals surface area (Å²) in [5.41, 5.74) is 4.97. The predicted molar refractivity (Wildman–Crippen MR) is 125 cm³/mol. The molecule has 0 heterocycles. The Bertz CT molecular complexity index is 1130. The summed E-state index contributed by atoms with van der Waals surface area (Å²) in [5.74, 6) is -0.394. The van der Waals surface area contributed by atoms with Gasteiger partial charge in [-0.1, -0.05) is 92.9 Å². The van der Waals surface area contributed by atoms with Crippen LogP contribution in [0.3, 0.4) is 0 Å². The summed E-state index contributed by atoms with van der Waals surface area (Å²) in [6, 6.07) is 24.4. The second-order valence-corrected chi connectivity index (χ2v) is 9.03. The van der Waals surface area contributed by atoms with E-state index in [2.05, 4.69) is 69.0 Å². The Morgan fingerprint density at radius 2 is 1.67 bits per heavy atom. The lowest BCUT2D eigenvalue weighted by atomic mass is 9.74. The minimum atomic E-state index is -0.394. The highest BCUT2D eigenvalue weighted by Gasteiger charge is 2.31. The van der Waals surface area contributed by atoms with E-state index in [1.165, 1.54) is 27.2 Å². The maximum Gasteiger partial charge on any atom is 0.343 e. The first-order valence-electron chi connectivity index (χ1n) is 9.99. The standard InChI is InChI=1S/C27H24O2S/c1-4-29-26(28)22-14-9-8-13-20(22)21-15-10-16-23-25(21)24(17-18-27(23,2)3)30-19-11-6-5-7-12-19/h4-17H,1,18H2,2-3H3. The Balaban J connectivity index is 1.90. The molecule has 2 nitrogen and oxygen atoms in total. The fraction of sp³-hybridized carbons (Fsp3) is 0.148. The lowest BCUT2D eigenvalue weighted by Crippen LogP contribution is -2.21. The number of ether oxygens (including phenoxy) is 1. The van der Waals surface area contributed by atoms with Crippen LogP contribution in [0.5, 0.6) is 0 Å². The van der Waals surface area contributed by atoms with Crippen LogP contribution in [0.25, 0.3) is 16.0 Å². The maximum atomic E-state index is 12.6. The summed E-state index contributed by atoms with van der Waals surface area (Å²) in [5, 5.41) is 0. The molecule has 0 spiro atoms. The summed E-state index contributed by atoms with van der Waals surface area (Å²) in [6.45, 7) is 8.06. The van der Waals surface area contributed by atoms with Gasteiger partial charge in [0.25, 0.3) is 0 Å². The van der Waals surface area contributed by atoms with E-state index in [1.54, 1.807) is 11.8 Å². The van der Waals surface area contributed by atoms with E-state index in [1.807, 2.05) is 30.3 Å². The molecule has 0 N–H and O–H groups in total. The van der Waals surface area contributed by atoms with E-state index in [0.717, 1.165) is 17.5 Å². The molecule has 0 amide bonds. The van der Waals surface area contributed by atoms with Crippen LogP contribution in [0.15, 0.2) is 96.6 Å². The van der Waals surface area contributed by atoms with Crippen LogP contribution in [-0.2, 0) is 10.2 Å². The molecule has 0 radical (unpaired) electrons. The van der Waals surface area contributed by atoms with Gasteiger partial charge in [0.1, 0.15) is 0 Å². The van der Waals surface area contributed by atoms with E-state index >= 15 is 0 Å². The fourth-order valence-corrected chi connectivity index (χ4v) is 4.95. The van der Waals surface area contributed by atoms with Crippen LogP contribution < -0.4 is 0 Å². The predicted octanol–water partition coefficient (Wildman–Crippen LogP) is 7.47. The van der Waals surface area contributed by atoms with Gasteiger partial charge in [-0.15, -0.1) is 0 Å². The number of hydrogen-bond acceptors (Lipinski definition) is 3. The highest BCUT2D eigenvalue weighted by atomic mass is 32.2. The summed E-state index contributed by atoms with van der Waals surface area (Å²) in [7, 11) is 0. The second-order valence-electron chi connectivity index (χ2n) is 7.92. The summed E-state index contributed by atoms with van der Waals surface area (Å²) >= 11 is 1.77. The van der Waals surface area contributed by atoms with Gasteiger partial charge in [-0.3, -0.25) is 0 Å². The number of carbonyl (C=O) groups is 1. The average molecular weight is 413 g/mol. The number of benzene rings is 3. The first kappa shape index (κ1) is 20.2. The van der Waals surface area contributed by atoms with Gasteiger partial charge in [-0.25, -0.2) is 4.79 Å². The Hall–Kier alpha value is -3.04. The number of allylic oxidation sites excluding steroid dienone is 1. The summed E-state index contributed by atoms with van der Waals surface area (Å²) in [6.07, 6.45) is 4.48. The highest BCUT2D eigenvalue weighted by Crippen LogP contribution is 2.49. The van der Waals surface area contributed by atoms with Gasteiger partial charge in [0.2, 0.25) is 0 Å². The Morgan fingerprint density at radius 1 is 0.967 bits per heavy atom. The largest absolute Gasteiger partial charge is 0.432 e. The van der Waals surface area contributed by atoms with Gasteiger partial charge in [0.15, 0.2) is 0 Å². The van der Waals surface area contributed by atoms with E-state index in [0.29, 0.717) is 5.56 Å². The minimum absolute atomic E-state index is 0.0165. The quantitative estimate of drug-likeness (QED) is 0.321. The third-order valence-corrected chi connectivity index (χ3v) is 6.53. The zero-order chi connectivity index (χ0) is 21.1. The van der Waals surface area contributed by atoms with Gasteiger partial charge < -0.3 is 4.74 Å². The molecule has 3 aromatic rings. The Labute approximate surface area is 182 Å².